The summed E-state index contributed by atoms with van der Waals surface area (Å²) in [4.78, 5) is 8.76. The number of fused-ring (bicyclic) bond motifs is 5. The molecular weight excluding hydrogens is 292 g/mol. The summed E-state index contributed by atoms with van der Waals surface area (Å²) in [5, 5.41) is 2.77. The van der Waals surface area contributed by atoms with Crippen molar-refractivity contribution in [2.24, 2.45) is 0 Å². The summed E-state index contributed by atoms with van der Waals surface area (Å²) >= 11 is 0. The molecule has 2 nitrogen and oxygen atoms in total. The summed E-state index contributed by atoms with van der Waals surface area (Å²) in [6.07, 6.45) is 5.70. The molecule has 1 N–H and O–H groups in total. The van der Waals surface area contributed by atoms with Gasteiger partial charge >= 0.3 is 0 Å². The van der Waals surface area contributed by atoms with E-state index in [-0.39, 0.29) is 0 Å². The zero-order chi connectivity index (χ0) is 15.9. The first-order valence-electron chi connectivity index (χ1n) is 8.85. The number of H-pyrrole nitrogens is 1. The average molecular weight is 312 g/mol. The maximum Gasteiger partial charge on any atom is 0.0691 e. The van der Waals surface area contributed by atoms with Crippen LogP contribution in [0, 0.1) is 0 Å². The third-order valence-corrected chi connectivity index (χ3v) is 5.22. The van der Waals surface area contributed by atoms with Gasteiger partial charge in [0.1, 0.15) is 0 Å². The topological polar surface area (TPSA) is 28.7 Å². The van der Waals surface area contributed by atoms with Gasteiger partial charge in [0.15, 0.2) is 0 Å². The lowest BCUT2D eigenvalue weighted by Gasteiger charge is -2.18. The van der Waals surface area contributed by atoms with E-state index in [9.17, 15) is 0 Å². The third kappa shape index (κ3) is 2.14. The lowest BCUT2D eigenvalue weighted by molar-refractivity contribution is 0.670. The molecular formula is C22H20N2. The van der Waals surface area contributed by atoms with Gasteiger partial charge in [0.2, 0.25) is 0 Å². The van der Waals surface area contributed by atoms with Crippen molar-refractivity contribution in [3.8, 4) is 0 Å². The predicted octanol–water partition coefficient (Wildman–Crippen LogP) is 5.19. The van der Waals surface area contributed by atoms with Crippen LogP contribution >= 0.6 is 0 Å². The number of para-hydroxylation sites is 1. The molecule has 0 aliphatic heterocycles. The molecule has 0 atom stereocenters. The number of hydrogen-bond acceptors (Lipinski definition) is 1. The highest BCUT2D eigenvalue weighted by Crippen LogP contribution is 2.35. The van der Waals surface area contributed by atoms with Gasteiger partial charge in [0.05, 0.1) is 11.2 Å². The van der Waals surface area contributed by atoms with Crippen molar-refractivity contribution in [2.45, 2.75) is 32.1 Å². The van der Waals surface area contributed by atoms with Crippen LogP contribution in [0.1, 0.15) is 35.4 Å². The Morgan fingerprint density at radius 2 is 1.67 bits per heavy atom. The first-order valence-corrected chi connectivity index (χ1v) is 8.85. The van der Waals surface area contributed by atoms with Crippen LogP contribution in [0.5, 0.6) is 0 Å². The summed E-state index contributed by atoms with van der Waals surface area (Å²) in [6.45, 7) is 0. The number of nitrogens with one attached hydrogen (secondary N) is 1. The van der Waals surface area contributed by atoms with Crippen molar-refractivity contribution in [3.05, 3.63) is 77.1 Å². The highest BCUT2D eigenvalue weighted by molar-refractivity contribution is 6.10. The normalized spacial score (nSPS) is 14.2. The molecule has 2 aromatic heterocycles. The quantitative estimate of drug-likeness (QED) is 0.542. The van der Waals surface area contributed by atoms with Crippen molar-refractivity contribution in [1.82, 2.24) is 9.97 Å². The number of rotatable bonds is 2. The molecule has 5 rings (SSSR count). The van der Waals surface area contributed by atoms with Gasteiger partial charge in [0, 0.05) is 28.4 Å². The largest absolute Gasteiger partial charge is 0.353 e. The molecule has 1 aliphatic rings. The van der Waals surface area contributed by atoms with Crippen molar-refractivity contribution >= 4 is 21.8 Å². The molecule has 0 saturated heterocycles. The zero-order valence-corrected chi connectivity index (χ0v) is 13.7. The van der Waals surface area contributed by atoms with E-state index in [0.29, 0.717) is 0 Å². The maximum atomic E-state index is 5.10. The smallest absolute Gasteiger partial charge is 0.0691 e. The molecule has 0 fully saturated rings. The second-order valence-corrected chi connectivity index (χ2v) is 6.77. The maximum absolute atomic E-state index is 5.10. The lowest BCUT2D eigenvalue weighted by atomic mass is 9.91. The van der Waals surface area contributed by atoms with Crippen LogP contribution in [0.4, 0.5) is 0 Å². The summed E-state index contributed by atoms with van der Waals surface area (Å²) in [5.74, 6) is 0. The van der Waals surface area contributed by atoms with E-state index in [2.05, 4.69) is 59.6 Å². The van der Waals surface area contributed by atoms with E-state index >= 15 is 0 Å². The van der Waals surface area contributed by atoms with Gasteiger partial charge in [-0.15, -0.1) is 0 Å². The minimum absolute atomic E-state index is 0.886. The van der Waals surface area contributed by atoms with Crippen LogP contribution in [-0.2, 0) is 19.3 Å². The van der Waals surface area contributed by atoms with Gasteiger partial charge in [-0.3, -0.25) is 4.98 Å². The van der Waals surface area contributed by atoms with Crippen molar-refractivity contribution < 1.29 is 0 Å². The van der Waals surface area contributed by atoms with Gasteiger partial charge < -0.3 is 4.98 Å². The zero-order valence-electron chi connectivity index (χ0n) is 13.7. The fourth-order valence-electron chi connectivity index (χ4n) is 4.09. The molecule has 0 unspecified atom stereocenters. The van der Waals surface area contributed by atoms with Crippen LogP contribution < -0.4 is 0 Å². The van der Waals surface area contributed by atoms with Crippen LogP contribution in [0.2, 0.25) is 0 Å². The first-order chi connectivity index (χ1) is 11.9. The molecule has 2 heteroatoms. The molecule has 2 heterocycles. The molecule has 1 aliphatic carbocycles. The molecule has 24 heavy (non-hydrogen) atoms. The van der Waals surface area contributed by atoms with E-state index in [1.165, 1.54) is 57.2 Å². The summed E-state index contributed by atoms with van der Waals surface area (Å²) < 4.78 is 0. The fraction of sp³-hybridized carbons (Fsp3) is 0.227. The predicted molar refractivity (Wildman–Crippen MR) is 99.5 cm³/mol. The lowest BCUT2D eigenvalue weighted by Crippen LogP contribution is -2.08. The van der Waals surface area contributed by atoms with E-state index in [4.69, 9.17) is 4.98 Å². The fourth-order valence-corrected chi connectivity index (χ4v) is 4.09. The van der Waals surface area contributed by atoms with Crippen molar-refractivity contribution in [3.63, 3.8) is 0 Å². The number of hydrogen-bond donors (Lipinski definition) is 1. The molecule has 0 bridgehead atoms. The van der Waals surface area contributed by atoms with E-state index in [0.717, 1.165) is 19.3 Å². The monoisotopic (exact) mass is 312 g/mol. The van der Waals surface area contributed by atoms with Crippen LogP contribution in [0.3, 0.4) is 0 Å². The molecule has 2 aromatic carbocycles. The van der Waals surface area contributed by atoms with Gasteiger partial charge in [-0.1, -0.05) is 48.5 Å². The Hall–Kier alpha value is -2.61. The Labute approximate surface area is 141 Å². The second-order valence-electron chi connectivity index (χ2n) is 6.77. The van der Waals surface area contributed by atoms with Gasteiger partial charge in [-0.05, 0) is 42.9 Å². The Bertz CT molecular complexity index is 1030. The molecule has 0 spiro atoms. The Morgan fingerprint density at radius 3 is 2.58 bits per heavy atom. The molecule has 0 radical (unpaired) electrons. The summed E-state index contributed by atoms with van der Waals surface area (Å²) in [5.41, 5.74) is 7.77. The highest BCUT2D eigenvalue weighted by atomic mass is 14.8. The minimum atomic E-state index is 0.886. The SMILES string of the molecule is c1ccc(Cc2nc3c(c4c2[nH]c2ccccc24)CCCC3)cc1. The Morgan fingerprint density at radius 1 is 0.875 bits per heavy atom. The minimum Gasteiger partial charge on any atom is -0.353 e. The average Bonchev–Trinajstić information content (AvgIpc) is 3.03. The Balaban J connectivity index is 1.80. The Kier molecular flexibility index (Phi) is 3.15. The number of nitrogens with zero attached hydrogens (tertiary/aromatic N) is 1. The summed E-state index contributed by atoms with van der Waals surface area (Å²) in [7, 11) is 0. The van der Waals surface area contributed by atoms with Crippen molar-refractivity contribution in [2.75, 3.05) is 0 Å². The van der Waals surface area contributed by atoms with Crippen LogP contribution in [0.15, 0.2) is 54.6 Å². The second kappa shape index (κ2) is 5.48. The van der Waals surface area contributed by atoms with E-state index < -0.39 is 0 Å². The highest BCUT2D eigenvalue weighted by Gasteiger charge is 2.20. The van der Waals surface area contributed by atoms with Crippen LogP contribution in [0.25, 0.3) is 21.8 Å². The first kappa shape index (κ1) is 13.8. The molecule has 4 aromatic rings. The summed E-state index contributed by atoms with van der Waals surface area (Å²) in [6, 6.07) is 19.3. The number of pyridine rings is 1. The van der Waals surface area contributed by atoms with E-state index in [1.807, 2.05) is 0 Å². The number of benzene rings is 2. The molecule has 0 amide bonds. The van der Waals surface area contributed by atoms with Gasteiger partial charge in [-0.25, -0.2) is 0 Å². The van der Waals surface area contributed by atoms with Gasteiger partial charge in [0.25, 0.3) is 0 Å². The van der Waals surface area contributed by atoms with Crippen molar-refractivity contribution in [1.29, 1.82) is 0 Å². The van der Waals surface area contributed by atoms with Gasteiger partial charge in [-0.2, -0.15) is 0 Å². The number of aryl methyl sites for hydroxylation is 2. The van der Waals surface area contributed by atoms with Crippen LogP contribution in [-0.4, -0.2) is 9.97 Å². The van der Waals surface area contributed by atoms with E-state index in [1.54, 1.807) is 0 Å². The molecule has 118 valence electrons. The number of aromatic nitrogens is 2. The number of aromatic amines is 1. The third-order valence-electron chi connectivity index (χ3n) is 5.22. The standard InChI is InChI=1S/C22H20N2/c1-2-8-15(9-3-1)14-20-22-21(16-10-4-6-12-18(16)23-20)17-11-5-7-13-19(17)24-22/h1-3,5,7-9,11,13,24H,4,6,10,12,14H2. The molecule has 0 saturated carbocycles.